The van der Waals surface area contributed by atoms with Crippen LogP contribution in [0.5, 0.6) is 0 Å². The van der Waals surface area contributed by atoms with Gasteiger partial charge in [-0.3, -0.25) is 4.79 Å². The summed E-state index contributed by atoms with van der Waals surface area (Å²) < 4.78 is 0. The molecule has 0 radical (unpaired) electrons. The van der Waals surface area contributed by atoms with Crippen LogP contribution < -0.4 is 5.32 Å². The molecular weight excluding hydrogens is 280 g/mol. The van der Waals surface area contributed by atoms with Gasteiger partial charge in [0.2, 0.25) is 0 Å². The summed E-state index contributed by atoms with van der Waals surface area (Å²) in [5.74, 6) is -1.60. The van der Waals surface area contributed by atoms with Crippen molar-refractivity contribution in [2.45, 2.75) is 39.7 Å². The third-order valence-electron chi connectivity index (χ3n) is 2.89. The monoisotopic (exact) mass is 298 g/mol. The second-order valence-electron chi connectivity index (χ2n) is 5.29. The molecular formula is C14H19ClN2O3. The Morgan fingerprint density at radius 2 is 1.85 bits per heavy atom. The molecule has 1 rings (SSSR count). The normalized spacial score (nSPS) is 12.6. The van der Waals surface area contributed by atoms with Gasteiger partial charge in [0, 0.05) is 11.3 Å². The number of nitrogens with zero attached hydrogens (tertiary/aromatic N) is 1. The standard InChI is InChI=1S/C14H19ClN2O3/c1-7(2)10-5-9(6-11(15)16-10)13(18)17-12(8(3)4)14(19)20/h5-8,12H,1-4H3,(H,17,18)(H,19,20)/t12-/m0/s1. The number of pyridine rings is 1. The molecule has 1 heterocycles. The van der Waals surface area contributed by atoms with Crippen LogP contribution in [0.25, 0.3) is 0 Å². The predicted octanol–water partition coefficient (Wildman–Crippen LogP) is 2.70. The molecule has 1 amide bonds. The van der Waals surface area contributed by atoms with Crippen molar-refractivity contribution >= 4 is 23.5 Å². The minimum absolute atomic E-state index is 0.126. The lowest BCUT2D eigenvalue weighted by Crippen LogP contribution is -2.44. The first-order valence-corrected chi connectivity index (χ1v) is 6.81. The fourth-order valence-corrected chi connectivity index (χ4v) is 1.90. The number of aromatic nitrogens is 1. The van der Waals surface area contributed by atoms with Crippen LogP contribution in [-0.2, 0) is 4.79 Å². The first kappa shape index (κ1) is 16.4. The summed E-state index contributed by atoms with van der Waals surface area (Å²) in [6.07, 6.45) is 0. The highest BCUT2D eigenvalue weighted by Crippen LogP contribution is 2.18. The Morgan fingerprint density at radius 3 is 2.30 bits per heavy atom. The molecule has 0 aliphatic rings. The molecule has 0 unspecified atom stereocenters. The number of carbonyl (C=O) groups is 2. The molecule has 0 aliphatic heterocycles. The Labute approximate surface area is 123 Å². The van der Waals surface area contributed by atoms with Gasteiger partial charge in [-0.1, -0.05) is 39.3 Å². The van der Waals surface area contributed by atoms with Gasteiger partial charge in [-0.2, -0.15) is 0 Å². The van der Waals surface area contributed by atoms with Crippen molar-refractivity contribution in [2.24, 2.45) is 5.92 Å². The van der Waals surface area contributed by atoms with Crippen molar-refractivity contribution in [1.29, 1.82) is 0 Å². The molecule has 0 aliphatic carbocycles. The molecule has 110 valence electrons. The number of halogens is 1. The third-order valence-corrected chi connectivity index (χ3v) is 3.08. The first-order chi connectivity index (χ1) is 9.22. The van der Waals surface area contributed by atoms with E-state index in [4.69, 9.17) is 16.7 Å². The molecule has 6 heteroatoms. The van der Waals surface area contributed by atoms with Crippen molar-refractivity contribution in [3.05, 3.63) is 28.5 Å². The minimum atomic E-state index is -1.06. The van der Waals surface area contributed by atoms with E-state index in [-0.39, 0.29) is 17.0 Å². The number of amides is 1. The van der Waals surface area contributed by atoms with E-state index in [1.165, 1.54) is 6.07 Å². The highest BCUT2D eigenvalue weighted by Gasteiger charge is 2.24. The van der Waals surface area contributed by atoms with Crippen LogP contribution in [0.4, 0.5) is 0 Å². The summed E-state index contributed by atoms with van der Waals surface area (Å²) in [6.45, 7) is 7.35. The molecule has 5 nitrogen and oxygen atoms in total. The first-order valence-electron chi connectivity index (χ1n) is 6.43. The molecule has 1 atom stereocenters. The minimum Gasteiger partial charge on any atom is -0.480 e. The Bertz CT molecular complexity index is 515. The summed E-state index contributed by atoms with van der Waals surface area (Å²) >= 11 is 5.89. The van der Waals surface area contributed by atoms with Crippen LogP contribution in [0.15, 0.2) is 12.1 Å². The van der Waals surface area contributed by atoms with Gasteiger partial charge in [-0.25, -0.2) is 9.78 Å². The van der Waals surface area contributed by atoms with E-state index in [1.807, 2.05) is 13.8 Å². The van der Waals surface area contributed by atoms with E-state index < -0.39 is 17.9 Å². The van der Waals surface area contributed by atoms with E-state index in [1.54, 1.807) is 19.9 Å². The molecule has 0 saturated heterocycles. The van der Waals surface area contributed by atoms with Gasteiger partial charge in [0.1, 0.15) is 11.2 Å². The molecule has 20 heavy (non-hydrogen) atoms. The number of hydrogen-bond acceptors (Lipinski definition) is 3. The van der Waals surface area contributed by atoms with Gasteiger partial charge in [-0.05, 0) is 24.0 Å². The number of aliphatic carboxylic acids is 1. The second-order valence-corrected chi connectivity index (χ2v) is 5.68. The quantitative estimate of drug-likeness (QED) is 0.819. The van der Waals surface area contributed by atoms with Crippen molar-refractivity contribution in [1.82, 2.24) is 10.3 Å². The molecule has 0 fully saturated rings. The molecule has 2 N–H and O–H groups in total. The summed E-state index contributed by atoms with van der Waals surface area (Å²) in [4.78, 5) is 27.4. The number of carbonyl (C=O) groups excluding carboxylic acids is 1. The fraction of sp³-hybridized carbons (Fsp3) is 0.500. The second kappa shape index (κ2) is 6.70. The zero-order valence-electron chi connectivity index (χ0n) is 12.0. The number of hydrogen-bond donors (Lipinski definition) is 2. The van der Waals surface area contributed by atoms with Crippen LogP contribution in [0, 0.1) is 5.92 Å². The smallest absolute Gasteiger partial charge is 0.326 e. The molecule has 1 aromatic heterocycles. The molecule has 0 bridgehead atoms. The summed E-state index contributed by atoms with van der Waals surface area (Å²) in [5.41, 5.74) is 1.01. The van der Waals surface area contributed by atoms with Gasteiger partial charge in [0.15, 0.2) is 0 Å². The predicted molar refractivity (Wildman–Crippen MR) is 77.1 cm³/mol. The lowest BCUT2D eigenvalue weighted by molar-refractivity contribution is -0.140. The SMILES string of the molecule is CC(C)c1cc(C(=O)N[C@H](C(=O)O)C(C)C)cc(Cl)n1. The average Bonchev–Trinajstić information content (AvgIpc) is 2.33. The maximum Gasteiger partial charge on any atom is 0.326 e. The summed E-state index contributed by atoms with van der Waals surface area (Å²) in [6, 6.07) is 2.13. The van der Waals surface area contributed by atoms with Gasteiger partial charge >= 0.3 is 5.97 Å². The maximum atomic E-state index is 12.1. The third kappa shape index (κ3) is 4.20. The molecule has 0 aromatic carbocycles. The number of carboxylic acids is 1. The molecule has 1 aromatic rings. The van der Waals surface area contributed by atoms with Crippen molar-refractivity contribution in [3.63, 3.8) is 0 Å². The number of rotatable bonds is 5. The van der Waals surface area contributed by atoms with Crippen molar-refractivity contribution < 1.29 is 14.7 Å². The van der Waals surface area contributed by atoms with Gasteiger partial charge < -0.3 is 10.4 Å². The average molecular weight is 299 g/mol. The Balaban J connectivity index is 3.00. The Hall–Kier alpha value is -1.62. The van der Waals surface area contributed by atoms with Gasteiger partial charge in [0.05, 0.1) is 0 Å². The van der Waals surface area contributed by atoms with Crippen LogP contribution in [0.3, 0.4) is 0 Å². The van der Waals surface area contributed by atoms with Gasteiger partial charge in [0.25, 0.3) is 5.91 Å². The van der Waals surface area contributed by atoms with Crippen LogP contribution in [0.2, 0.25) is 5.15 Å². The van der Waals surface area contributed by atoms with E-state index >= 15 is 0 Å². The van der Waals surface area contributed by atoms with Gasteiger partial charge in [-0.15, -0.1) is 0 Å². The Kier molecular flexibility index (Phi) is 5.51. The van der Waals surface area contributed by atoms with Crippen molar-refractivity contribution in [2.75, 3.05) is 0 Å². The zero-order valence-corrected chi connectivity index (χ0v) is 12.7. The maximum absolute atomic E-state index is 12.1. The van der Waals surface area contributed by atoms with Crippen LogP contribution in [-0.4, -0.2) is 28.0 Å². The highest BCUT2D eigenvalue weighted by atomic mass is 35.5. The summed E-state index contributed by atoms with van der Waals surface area (Å²) in [7, 11) is 0. The fourth-order valence-electron chi connectivity index (χ4n) is 1.68. The van der Waals surface area contributed by atoms with Crippen molar-refractivity contribution in [3.8, 4) is 0 Å². The number of carboxylic acid groups (broad SMARTS) is 1. The lowest BCUT2D eigenvalue weighted by Gasteiger charge is -2.18. The molecule has 0 spiro atoms. The van der Waals surface area contributed by atoms with E-state index in [9.17, 15) is 9.59 Å². The van der Waals surface area contributed by atoms with E-state index in [2.05, 4.69) is 10.3 Å². The molecule has 0 saturated carbocycles. The largest absolute Gasteiger partial charge is 0.480 e. The van der Waals surface area contributed by atoms with Crippen LogP contribution in [0.1, 0.15) is 49.7 Å². The lowest BCUT2D eigenvalue weighted by atomic mass is 10.0. The van der Waals surface area contributed by atoms with E-state index in [0.29, 0.717) is 11.3 Å². The topological polar surface area (TPSA) is 79.3 Å². The Morgan fingerprint density at radius 1 is 1.25 bits per heavy atom. The zero-order chi connectivity index (χ0) is 15.4. The highest BCUT2D eigenvalue weighted by molar-refractivity contribution is 6.29. The van der Waals surface area contributed by atoms with Crippen LogP contribution >= 0.6 is 11.6 Å². The number of nitrogens with one attached hydrogen (secondary N) is 1. The van der Waals surface area contributed by atoms with E-state index in [0.717, 1.165) is 0 Å². The summed E-state index contributed by atoms with van der Waals surface area (Å²) in [5, 5.41) is 11.8.